The van der Waals surface area contributed by atoms with E-state index in [0.29, 0.717) is 17.5 Å². The fourth-order valence-corrected chi connectivity index (χ4v) is 7.94. The maximum atomic E-state index is 6.31. The molecule has 1 aliphatic rings. The van der Waals surface area contributed by atoms with Crippen molar-refractivity contribution in [3.63, 3.8) is 0 Å². The van der Waals surface area contributed by atoms with Crippen molar-refractivity contribution in [2.75, 3.05) is 0 Å². The molecule has 8 aromatic carbocycles. The molecule has 0 saturated carbocycles. The van der Waals surface area contributed by atoms with Gasteiger partial charge in [0, 0.05) is 27.5 Å². The first-order valence-electron chi connectivity index (χ1n) is 17.2. The third-order valence-electron chi connectivity index (χ3n) is 10.2. The number of fused-ring (bicyclic) bond motifs is 7. The molecule has 0 amide bonds. The number of aromatic nitrogens is 3. The Kier molecular flexibility index (Phi) is 5.92. The average Bonchev–Trinajstić information content (AvgIpc) is 3.74. The van der Waals surface area contributed by atoms with Gasteiger partial charge < -0.3 is 4.42 Å². The van der Waals surface area contributed by atoms with E-state index in [1.807, 2.05) is 36.4 Å². The summed E-state index contributed by atoms with van der Waals surface area (Å²) < 4.78 is 6.31. The van der Waals surface area contributed by atoms with Crippen molar-refractivity contribution >= 4 is 43.5 Å². The highest BCUT2D eigenvalue weighted by Crippen LogP contribution is 2.48. The van der Waals surface area contributed by atoms with Crippen LogP contribution in [0.15, 0.2) is 168 Å². The number of benzene rings is 8. The summed E-state index contributed by atoms with van der Waals surface area (Å²) in [6.45, 7) is 0. The lowest BCUT2D eigenvalue weighted by atomic mass is 9.92. The fraction of sp³-hybridized carbons (Fsp3) is 0. The van der Waals surface area contributed by atoms with Crippen molar-refractivity contribution in [1.82, 2.24) is 15.0 Å². The molecule has 0 radical (unpaired) electrons. The summed E-state index contributed by atoms with van der Waals surface area (Å²) in [6, 6.07) is 57.4. The van der Waals surface area contributed by atoms with Crippen LogP contribution in [-0.2, 0) is 0 Å². The summed E-state index contributed by atoms with van der Waals surface area (Å²) in [5.41, 5.74) is 11.7. The van der Waals surface area contributed by atoms with E-state index in [-0.39, 0.29) is 0 Å². The summed E-state index contributed by atoms with van der Waals surface area (Å²) in [4.78, 5) is 15.5. The highest BCUT2D eigenvalue weighted by molar-refractivity contribution is 6.17. The molecule has 0 fully saturated rings. The van der Waals surface area contributed by atoms with Crippen LogP contribution in [0.5, 0.6) is 0 Å². The third kappa shape index (κ3) is 4.30. The van der Waals surface area contributed by atoms with Crippen molar-refractivity contribution in [2.45, 2.75) is 0 Å². The second-order valence-corrected chi connectivity index (χ2v) is 13.2. The summed E-state index contributed by atoms with van der Waals surface area (Å²) in [5.74, 6) is 1.91. The van der Waals surface area contributed by atoms with E-state index in [2.05, 4.69) is 127 Å². The van der Waals surface area contributed by atoms with Crippen molar-refractivity contribution in [2.24, 2.45) is 0 Å². The molecule has 0 saturated heterocycles. The highest BCUT2D eigenvalue weighted by atomic mass is 16.3. The topological polar surface area (TPSA) is 51.8 Å². The normalized spacial score (nSPS) is 11.9. The van der Waals surface area contributed by atoms with E-state index in [9.17, 15) is 0 Å². The van der Waals surface area contributed by atoms with Crippen LogP contribution in [0.2, 0.25) is 0 Å². The smallest absolute Gasteiger partial charge is 0.164 e. The minimum atomic E-state index is 0.626. The molecule has 0 aliphatic heterocycles. The SMILES string of the molecule is c1ccc(-c2nc(-c3ccc4c(c3)-c3cccc5cccc-4c35)nc(-c3cc(-c4cccc5oc6ccccc6c45)c4ccccc4c3)n2)cc1. The highest BCUT2D eigenvalue weighted by Gasteiger charge is 2.23. The van der Waals surface area contributed by atoms with Crippen LogP contribution in [0, 0.1) is 0 Å². The Hall–Kier alpha value is -6.91. The summed E-state index contributed by atoms with van der Waals surface area (Å²) in [6.07, 6.45) is 0. The third-order valence-corrected chi connectivity index (χ3v) is 10.2. The van der Waals surface area contributed by atoms with Crippen LogP contribution < -0.4 is 0 Å². The number of nitrogens with zero attached hydrogens (tertiary/aromatic N) is 3. The van der Waals surface area contributed by atoms with Gasteiger partial charge >= 0.3 is 0 Å². The molecule has 10 aromatic rings. The predicted octanol–water partition coefficient (Wildman–Crippen LogP) is 12.4. The number of rotatable bonds is 4. The molecule has 2 aromatic heterocycles. The quantitative estimate of drug-likeness (QED) is 0.190. The lowest BCUT2D eigenvalue weighted by molar-refractivity contribution is 0.669. The second-order valence-electron chi connectivity index (χ2n) is 13.2. The van der Waals surface area contributed by atoms with Gasteiger partial charge in [0.25, 0.3) is 0 Å². The van der Waals surface area contributed by atoms with Gasteiger partial charge in [0.1, 0.15) is 11.2 Å². The fourth-order valence-electron chi connectivity index (χ4n) is 7.94. The standard InChI is InChI=1S/C47H27N3O/c1-2-11-29(12-3-1)45-48-46(31-23-24-34-35-18-8-14-28-15-9-19-36(43(28)35)40(34)26-31)50-47(49-45)32-25-30-13-4-5-16-33(30)39(27-32)37-20-10-22-42-44(37)38-17-6-7-21-41(38)51-42/h1-27H. The van der Waals surface area contributed by atoms with Gasteiger partial charge in [-0.2, -0.15) is 0 Å². The van der Waals surface area contributed by atoms with Crippen LogP contribution in [0.3, 0.4) is 0 Å². The van der Waals surface area contributed by atoms with Gasteiger partial charge in [-0.3, -0.25) is 0 Å². The number of furan rings is 1. The zero-order chi connectivity index (χ0) is 33.5. The van der Waals surface area contributed by atoms with Gasteiger partial charge in [-0.05, 0) is 85.3 Å². The van der Waals surface area contributed by atoms with Gasteiger partial charge in [-0.15, -0.1) is 0 Å². The van der Waals surface area contributed by atoms with Gasteiger partial charge in [0.15, 0.2) is 17.5 Å². The Morgan fingerprint density at radius 1 is 0.314 bits per heavy atom. The Labute approximate surface area is 293 Å². The first-order valence-corrected chi connectivity index (χ1v) is 17.2. The minimum absolute atomic E-state index is 0.626. The van der Waals surface area contributed by atoms with E-state index >= 15 is 0 Å². The Balaban J connectivity index is 1.14. The first kappa shape index (κ1) is 28.0. The molecule has 11 rings (SSSR count). The molecule has 0 spiro atoms. The van der Waals surface area contributed by atoms with Crippen LogP contribution in [0.1, 0.15) is 0 Å². The van der Waals surface area contributed by atoms with Gasteiger partial charge in [-0.25, -0.2) is 15.0 Å². The van der Waals surface area contributed by atoms with Crippen LogP contribution in [0.25, 0.3) is 111 Å². The van der Waals surface area contributed by atoms with E-state index in [0.717, 1.165) is 60.5 Å². The van der Waals surface area contributed by atoms with E-state index in [1.165, 1.54) is 33.0 Å². The molecule has 0 N–H and O–H groups in total. The van der Waals surface area contributed by atoms with Crippen LogP contribution in [-0.4, -0.2) is 15.0 Å². The molecule has 0 atom stereocenters. The Morgan fingerprint density at radius 3 is 1.73 bits per heavy atom. The van der Waals surface area contributed by atoms with E-state index in [4.69, 9.17) is 19.4 Å². The lowest BCUT2D eigenvalue weighted by Gasteiger charge is -2.13. The summed E-state index contributed by atoms with van der Waals surface area (Å²) in [7, 11) is 0. The molecule has 0 bridgehead atoms. The van der Waals surface area contributed by atoms with Crippen molar-refractivity contribution in [1.29, 1.82) is 0 Å². The molecule has 4 nitrogen and oxygen atoms in total. The molecule has 51 heavy (non-hydrogen) atoms. The molecule has 0 unspecified atom stereocenters. The molecular formula is C47H27N3O. The van der Waals surface area contributed by atoms with Gasteiger partial charge in [0.05, 0.1) is 0 Å². The van der Waals surface area contributed by atoms with E-state index < -0.39 is 0 Å². The van der Waals surface area contributed by atoms with Crippen molar-refractivity contribution < 1.29 is 4.42 Å². The van der Waals surface area contributed by atoms with Crippen LogP contribution >= 0.6 is 0 Å². The number of hydrogen-bond donors (Lipinski definition) is 0. The van der Waals surface area contributed by atoms with Crippen LogP contribution in [0.4, 0.5) is 0 Å². The van der Waals surface area contributed by atoms with E-state index in [1.54, 1.807) is 0 Å². The Bertz CT molecular complexity index is 3030. The van der Waals surface area contributed by atoms with Gasteiger partial charge in [-0.1, -0.05) is 133 Å². The molecule has 1 aliphatic carbocycles. The maximum Gasteiger partial charge on any atom is 0.164 e. The minimum Gasteiger partial charge on any atom is -0.456 e. The van der Waals surface area contributed by atoms with Crippen molar-refractivity contribution in [3.8, 4) is 67.5 Å². The zero-order valence-electron chi connectivity index (χ0n) is 27.3. The predicted molar refractivity (Wildman–Crippen MR) is 208 cm³/mol. The first-order chi connectivity index (χ1) is 25.3. The molecule has 236 valence electrons. The molecule has 4 heteroatoms. The second kappa shape index (κ2) is 10.8. The molecule has 2 heterocycles. The van der Waals surface area contributed by atoms with Crippen molar-refractivity contribution in [3.05, 3.63) is 164 Å². The maximum absolute atomic E-state index is 6.31. The monoisotopic (exact) mass is 649 g/mol. The molecular weight excluding hydrogens is 623 g/mol. The summed E-state index contributed by atoms with van der Waals surface area (Å²) in [5, 5.41) is 7.03. The Morgan fingerprint density at radius 2 is 0.902 bits per heavy atom. The lowest BCUT2D eigenvalue weighted by Crippen LogP contribution is -2.00. The zero-order valence-corrected chi connectivity index (χ0v) is 27.3. The number of para-hydroxylation sites is 1. The van der Waals surface area contributed by atoms with Gasteiger partial charge in [0.2, 0.25) is 0 Å². The summed E-state index contributed by atoms with van der Waals surface area (Å²) >= 11 is 0. The largest absolute Gasteiger partial charge is 0.456 e. The number of hydrogen-bond acceptors (Lipinski definition) is 4. The average molecular weight is 650 g/mol.